The molecule has 0 aliphatic carbocycles. The van der Waals surface area contributed by atoms with Crippen molar-refractivity contribution in [2.75, 3.05) is 13.1 Å². The number of guanidine groups is 1. The molecule has 0 aliphatic rings. The van der Waals surface area contributed by atoms with Gasteiger partial charge in [0.05, 0.1) is 0 Å². The number of benzene rings is 1. The molecule has 2 N–H and O–H groups in total. The van der Waals surface area contributed by atoms with Gasteiger partial charge in [0.2, 0.25) is 5.89 Å². The largest absolute Gasteiger partial charge is 0.357 e. The lowest BCUT2D eigenvalue weighted by Gasteiger charge is -2.26. The monoisotopic (exact) mass is 503 g/mol. The summed E-state index contributed by atoms with van der Waals surface area (Å²) in [6, 6.07) is 6.69. The summed E-state index contributed by atoms with van der Waals surface area (Å²) >= 11 is 0. The highest BCUT2D eigenvalue weighted by atomic mass is 127. The van der Waals surface area contributed by atoms with Crippen molar-refractivity contribution in [2.45, 2.75) is 58.9 Å². The smallest absolute Gasteiger partial charge is 0.232 e. The Labute approximate surface area is 183 Å². The minimum atomic E-state index is -0.260. The van der Waals surface area contributed by atoms with Crippen molar-refractivity contribution >= 4 is 29.9 Å². The van der Waals surface area contributed by atoms with Crippen molar-refractivity contribution in [3.05, 3.63) is 47.4 Å². The molecule has 0 atom stereocenters. The lowest BCUT2D eigenvalue weighted by Crippen LogP contribution is -2.43. The molecule has 0 fully saturated rings. The summed E-state index contributed by atoms with van der Waals surface area (Å²) in [5, 5.41) is 10.5. The van der Waals surface area contributed by atoms with E-state index in [9.17, 15) is 4.39 Å². The number of rotatable bonds is 6. The van der Waals surface area contributed by atoms with Crippen LogP contribution in [0.3, 0.4) is 0 Å². The maximum Gasteiger partial charge on any atom is 0.232 e. The number of aliphatic imine (C=N–C) groups is 1. The van der Waals surface area contributed by atoms with Crippen LogP contribution in [0.25, 0.3) is 0 Å². The van der Waals surface area contributed by atoms with Crippen LogP contribution in [-0.4, -0.2) is 29.2 Å². The third-order valence-corrected chi connectivity index (χ3v) is 4.14. The lowest BCUT2D eigenvalue weighted by molar-refractivity contribution is 0.318. The second-order valence-electron chi connectivity index (χ2n) is 8.21. The Bertz CT molecular complexity index is 783. The van der Waals surface area contributed by atoms with Crippen molar-refractivity contribution in [3.8, 4) is 0 Å². The van der Waals surface area contributed by atoms with E-state index < -0.39 is 0 Å². The molecule has 0 bridgehead atoms. The number of halogens is 2. The van der Waals surface area contributed by atoms with Gasteiger partial charge in [-0.15, -0.1) is 24.0 Å². The van der Waals surface area contributed by atoms with Crippen molar-refractivity contribution in [1.82, 2.24) is 20.8 Å². The number of nitrogens with zero attached hydrogens (tertiary/aromatic N) is 3. The van der Waals surface area contributed by atoms with E-state index in [1.807, 2.05) is 33.8 Å². The highest BCUT2D eigenvalue weighted by molar-refractivity contribution is 14.0. The van der Waals surface area contributed by atoms with Crippen LogP contribution in [0.4, 0.5) is 4.39 Å². The molecule has 1 heterocycles. The summed E-state index contributed by atoms with van der Waals surface area (Å²) < 4.78 is 18.8. The molecule has 0 saturated heterocycles. The summed E-state index contributed by atoms with van der Waals surface area (Å²) in [6.45, 7) is 13.8. The first-order valence-electron chi connectivity index (χ1n) is 9.23. The van der Waals surface area contributed by atoms with Crippen LogP contribution in [0.1, 0.15) is 58.8 Å². The zero-order chi connectivity index (χ0) is 20.1. The molecule has 0 unspecified atom stereocenters. The first-order valence-corrected chi connectivity index (χ1v) is 9.23. The molecule has 156 valence electrons. The SMILES string of the molecule is CCNC(=NCc1noc(C(C)(C)C)n1)NCC(C)(C)c1cccc(F)c1.I. The maximum absolute atomic E-state index is 13.5. The van der Waals surface area contributed by atoms with Gasteiger partial charge in [-0.25, -0.2) is 9.38 Å². The molecule has 28 heavy (non-hydrogen) atoms. The van der Waals surface area contributed by atoms with Crippen LogP contribution in [0.2, 0.25) is 0 Å². The Kier molecular flexibility index (Phi) is 8.84. The van der Waals surface area contributed by atoms with Gasteiger partial charge in [0.15, 0.2) is 11.8 Å². The Morgan fingerprint density at radius 2 is 1.89 bits per heavy atom. The average molecular weight is 503 g/mol. The van der Waals surface area contributed by atoms with Crippen LogP contribution in [-0.2, 0) is 17.4 Å². The molecule has 0 saturated carbocycles. The van der Waals surface area contributed by atoms with E-state index in [-0.39, 0.29) is 40.6 Å². The molecule has 0 spiro atoms. The van der Waals surface area contributed by atoms with Gasteiger partial charge in [-0.3, -0.25) is 0 Å². The van der Waals surface area contributed by atoms with E-state index in [1.54, 1.807) is 12.1 Å². The fourth-order valence-corrected chi connectivity index (χ4v) is 2.43. The molecule has 2 rings (SSSR count). The van der Waals surface area contributed by atoms with Crippen molar-refractivity contribution in [1.29, 1.82) is 0 Å². The molecular formula is C20H31FIN5O. The molecule has 0 radical (unpaired) electrons. The number of hydrogen-bond donors (Lipinski definition) is 2. The topological polar surface area (TPSA) is 75.3 Å². The first-order chi connectivity index (χ1) is 12.6. The van der Waals surface area contributed by atoms with Gasteiger partial charge in [-0.2, -0.15) is 4.98 Å². The van der Waals surface area contributed by atoms with Crippen molar-refractivity contribution in [3.63, 3.8) is 0 Å². The van der Waals surface area contributed by atoms with E-state index in [1.165, 1.54) is 6.07 Å². The van der Waals surface area contributed by atoms with E-state index in [0.29, 0.717) is 30.8 Å². The van der Waals surface area contributed by atoms with Gasteiger partial charge in [-0.05, 0) is 24.6 Å². The minimum absolute atomic E-state index is 0. The third kappa shape index (κ3) is 7.03. The fraction of sp³-hybridized carbons (Fsp3) is 0.550. The molecule has 0 aliphatic heterocycles. The molecule has 0 amide bonds. The van der Waals surface area contributed by atoms with E-state index in [0.717, 1.165) is 12.1 Å². The second kappa shape index (κ2) is 10.2. The Morgan fingerprint density at radius 3 is 2.46 bits per heavy atom. The predicted molar refractivity (Wildman–Crippen MR) is 121 cm³/mol. The molecule has 2 aromatic rings. The molecular weight excluding hydrogens is 472 g/mol. The zero-order valence-corrected chi connectivity index (χ0v) is 19.8. The summed E-state index contributed by atoms with van der Waals surface area (Å²) in [4.78, 5) is 8.93. The maximum atomic E-state index is 13.5. The Balaban J connectivity index is 0.00000392. The van der Waals surface area contributed by atoms with Crippen LogP contribution in [0.15, 0.2) is 33.8 Å². The van der Waals surface area contributed by atoms with Gasteiger partial charge < -0.3 is 15.2 Å². The molecule has 8 heteroatoms. The van der Waals surface area contributed by atoms with Gasteiger partial charge in [0.25, 0.3) is 0 Å². The highest BCUT2D eigenvalue weighted by Crippen LogP contribution is 2.23. The highest BCUT2D eigenvalue weighted by Gasteiger charge is 2.23. The second-order valence-corrected chi connectivity index (χ2v) is 8.21. The summed E-state index contributed by atoms with van der Waals surface area (Å²) in [6.07, 6.45) is 0. The number of nitrogens with one attached hydrogen (secondary N) is 2. The van der Waals surface area contributed by atoms with Crippen LogP contribution in [0.5, 0.6) is 0 Å². The van der Waals surface area contributed by atoms with Crippen molar-refractivity contribution in [2.24, 2.45) is 4.99 Å². The van der Waals surface area contributed by atoms with E-state index in [4.69, 9.17) is 4.52 Å². The fourth-order valence-electron chi connectivity index (χ4n) is 2.43. The Morgan fingerprint density at radius 1 is 1.18 bits per heavy atom. The third-order valence-electron chi connectivity index (χ3n) is 4.14. The summed E-state index contributed by atoms with van der Waals surface area (Å²) in [7, 11) is 0. The molecule has 1 aromatic carbocycles. The molecule has 6 nitrogen and oxygen atoms in total. The molecule has 1 aromatic heterocycles. The van der Waals surface area contributed by atoms with Gasteiger partial charge in [-0.1, -0.05) is 51.9 Å². The number of hydrogen-bond acceptors (Lipinski definition) is 4. The normalized spacial score (nSPS) is 12.5. The summed E-state index contributed by atoms with van der Waals surface area (Å²) in [5.74, 6) is 1.57. The van der Waals surface area contributed by atoms with Crippen LogP contribution < -0.4 is 10.6 Å². The zero-order valence-electron chi connectivity index (χ0n) is 17.5. The predicted octanol–water partition coefficient (Wildman–Crippen LogP) is 4.16. The van der Waals surface area contributed by atoms with Crippen LogP contribution >= 0.6 is 24.0 Å². The average Bonchev–Trinajstić information content (AvgIpc) is 3.07. The summed E-state index contributed by atoms with van der Waals surface area (Å²) in [5.41, 5.74) is 0.482. The standard InChI is InChI=1S/C20H30FN5O.HI/c1-7-22-18(23-12-16-25-17(27-26-16)19(2,3)4)24-13-20(5,6)14-9-8-10-15(21)11-14;/h8-11H,7,12-13H2,1-6H3,(H2,22,23,24);1H. The van der Waals surface area contributed by atoms with Crippen LogP contribution in [0, 0.1) is 5.82 Å². The minimum Gasteiger partial charge on any atom is -0.357 e. The lowest BCUT2D eigenvalue weighted by atomic mass is 9.84. The first kappa shape index (κ1) is 24.3. The Hall–Kier alpha value is -1.71. The van der Waals surface area contributed by atoms with Gasteiger partial charge >= 0.3 is 0 Å². The van der Waals surface area contributed by atoms with Gasteiger partial charge in [0.1, 0.15) is 12.4 Å². The van der Waals surface area contributed by atoms with Crippen molar-refractivity contribution < 1.29 is 8.91 Å². The van der Waals surface area contributed by atoms with E-state index >= 15 is 0 Å². The number of aromatic nitrogens is 2. The van der Waals surface area contributed by atoms with Gasteiger partial charge in [0, 0.05) is 23.9 Å². The van der Waals surface area contributed by atoms with E-state index in [2.05, 4.69) is 39.6 Å². The quantitative estimate of drug-likeness (QED) is 0.352.